The van der Waals surface area contributed by atoms with Gasteiger partial charge in [0.15, 0.2) is 0 Å². The summed E-state index contributed by atoms with van der Waals surface area (Å²) in [5, 5.41) is 15.4. The Morgan fingerprint density at radius 1 is 1.32 bits per heavy atom. The van der Waals surface area contributed by atoms with Crippen molar-refractivity contribution in [3.63, 3.8) is 0 Å². The molecule has 2 aliphatic rings. The standard InChI is InChI=1S/C19H23N3O3/c1-13-2-5-18(21(11-13)19(23)24)14-3-4-15-12-22(20-17(15)10-14)16-6-8-25-9-7-16/h3-5,10,12-13,16H,2,6-9,11H2,1H3,(H,23,24)/t13-/m0/s1. The number of allylic oxidation sites excluding steroid dienone is 1. The summed E-state index contributed by atoms with van der Waals surface area (Å²) in [6.07, 6.45) is 6.08. The van der Waals surface area contributed by atoms with Crippen LogP contribution in [0.4, 0.5) is 4.79 Å². The highest BCUT2D eigenvalue weighted by Crippen LogP contribution is 2.30. The van der Waals surface area contributed by atoms with Crippen LogP contribution in [-0.4, -0.2) is 45.6 Å². The summed E-state index contributed by atoms with van der Waals surface area (Å²) in [4.78, 5) is 13.1. The maximum atomic E-state index is 11.6. The van der Waals surface area contributed by atoms with Gasteiger partial charge in [0, 0.05) is 36.9 Å². The molecule has 1 saturated heterocycles. The number of ether oxygens (including phenoxy) is 1. The SMILES string of the molecule is C[C@H]1CC=C(c2ccc3cn(C4CCOCC4)nc3c2)N(C(=O)O)C1. The molecule has 0 saturated carbocycles. The Kier molecular flexibility index (Phi) is 4.21. The van der Waals surface area contributed by atoms with Gasteiger partial charge in [-0.1, -0.05) is 25.1 Å². The van der Waals surface area contributed by atoms with Crippen molar-refractivity contribution in [2.75, 3.05) is 19.8 Å². The van der Waals surface area contributed by atoms with Gasteiger partial charge >= 0.3 is 6.09 Å². The molecule has 0 spiro atoms. The van der Waals surface area contributed by atoms with Crippen LogP contribution in [0.2, 0.25) is 0 Å². The van der Waals surface area contributed by atoms with Gasteiger partial charge in [-0.05, 0) is 31.2 Å². The lowest BCUT2D eigenvalue weighted by atomic mass is 9.98. The third-order valence-corrected chi connectivity index (χ3v) is 5.12. The van der Waals surface area contributed by atoms with E-state index in [0.29, 0.717) is 18.5 Å². The quantitative estimate of drug-likeness (QED) is 0.903. The van der Waals surface area contributed by atoms with E-state index in [2.05, 4.69) is 13.1 Å². The lowest BCUT2D eigenvalue weighted by Gasteiger charge is -2.29. The average molecular weight is 341 g/mol. The van der Waals surface area contributed by atoms with Crippen molar-refractivity contribution >= 4 is 22.7 Å². The Balaban J connectivity index is 1.67. The van der Waals surface area contributed by atoms with E-state index in [1.54, 1.807) is 0 Å². The molecule has 3 heterocycles. The number of hydrogen-bond acceptors (Lipinski definition) is 3. The normalized spacial score (nSPS) is 22.2. The van der Waals surface area contributed by atoms with Crippen LogP contribution < -0.4 is 0 Å². The van der Waals surface area contributed by atoms with Gasteiger partial charge in [-0.2, -0.15) is 5.10 Å². The van der Waals surface area contributed by atoms with Crippen LogP contribution in [0.5, 0.6) is 0 Å². The summed E-state index contributed by atoms with van der Waals surface area (Å²) in [5.41, 5.74) is 2.60. The smallest absolute Gasteiger partial charge is 0.411 e. The molecule has 1 amide bonds. The fraction of sp³-hybridized carbons (Fsp3) is 0.474. The van der Waals surface area contributed by atoms with E-state index in [-0.39, 0.29) is 0 Å². The number of rotatable bonds is 2. The highest BCUT2D eigenvalue weighted by atomic mass is 16.5. The molecule has 0 aliphatic carbocycles. The second-order valence-corrected chi connectivity index (χ2v) is 7.05. The fourth-order valence-electron chi connectivity index (χ4n) is 3.69. The van der Waals surface area contributed by atoms with Crippen molar-refractivity contribution in [1.82, 2.24) is 14.7 Å². The zero-order chi connectivity index (χ0) is 17.4. The number of nitrogens with zero attached hydrogens (tertiary/aromatic N) is 3. The lowest BCUT2D eigenvalue weighted by Crippen LogP contribution is -2.34. The zero-order valence-corrected chi connectivity index (χ0v) is 14.4. The predicted molar refractivity (Wildman–Crippen MR) is 95.3 cm³/mol. The van der Waals surface area contributed by atoms with E-state index in [9.17, 15) is 9.90 Å². The molecule has 1 atom stereocenters. The molecule has 0 radical (unpaired) electrons. The van der Waals surface area contributed by atoms with E-state index < -0.39 is 6.09 Å². The van der Waals surface area contributed by atoms with E-state index in [0.717, 1.165) is 54.6 Å². The summed E-state index contributed by atoms with van der Waals surface area (Å²) in [6, 6.07) is 6.42. The minimum absolute atomic E-state index is 0.344. The van der Waals surface area contributed by atoms with Crippen LogP contribution in [0, 0.1) is 5.92 Å². The third kappa shape index (κ3) is 3.14. The minimum atomic E-state index is -0.898. The molecule has 6 nitrogen and oxygen atoms in total. The molecular formula is C19H23N3O3. The van der Waals surface area contributed by atoms with Crippen LogP contribution >= 0.6 is 0 Å². The molecule has 4 rings (SSSR count). The molecule has 0 unspecified atom stereocenters. The highest BCUT2D eigenvalue weighted by molar-refractivity contribution is 5.86. The van der Waals surface area contributed by atoms with Crippen LogP contribution in [0.15, 0.2) is 30.5 Å². The summed E-state index contributed by atoms with van der Waals surface area (Å²) in [7, 11) is 0. The van der Waals surface area contributed by atoms with Crippen molar-refractivity contribution in [3.8, 4) is 0 Å². The Hall–Kier alpha value is -2.34. The number of benzene rings is 1. The van der Waals surface area contributed by atoms with Gasteiger partial charge in [0.2, 0.25) is 0 Å². The van der Waals surface area contributed by atoms with Gasteiger partial charge in [0.1, 0.15) is 0 Å². The van der Waals surface area contributed by atoms with E-state index in [1.807, 2.05) is 29.0 Å². The molecule has 0 bridgehead atoms. The first-order valence-corrected chi connectivity index (χ1v) is 8.89. The lowest BCUT2D eigenvalue weighted by molar-refractivity contribution is 0.0664. The van der Waals surface area contributed by atoms with Crippen molar-refractivity contribution in [2.24, 2.45) is 5.92 Å². The number of amides is 1. The Morgan fingerprint density at radius 2 is 2.12 bits per heavy atom. The van der Waals surface area contributed by atoms with Gasteiger partial charge in [0.05, 0.1) is 17.3 Å². The van der Waals surface area contributed by atoms with Crippen molar-refractivity contribution in [2.45, 2.75) is 32.2 Å². The molecule has 6 heteroatoms. The minimum Gasteiger partial charge on any atom is -0.465 e. The Labute approximate surface area is 146 Å². The second-order valence-electron chi connectivity index (χ2n) is 7.05. The van der Waals surface area contributed by atoms with E-state index in [4.69, 9.17) is 9.84 Å². The first kappa shape index (κ1) is 16.1. The first-order chi connectivity index (χ1) is 12.1. The summed E-state index contributed by atoms with van der Waals surface area (Å²) < 4.78 is 7.47. The van der Waals surface area contributed by atoms with Gasteiger partial charge < -0.3 is 9.84 Å². The van der Waals surface area contributed by atoms with Crippen molar-refractivity contribution in [1.29, 1.82) is 0 Å². The van der Waals surface area contributed by atoms with Crippen LogP contribution in [0.1, 0.15) is 37.8 Å². The maximum Gasteiger partial charge on any atom is 0.411 e. The molecule has 1 aromatic carbocycles. The van der Waals surface area contributed by atoms with Crippen molar-refractivity contribution in [3.05, 3.63) is 36.0 Å². The molecule has 1 N–H and O–H groups in total. The number of aromatic nitrogens is 2. The summed E-state index contributed by atoms with van der Waals surface area (Å²) >= 11 is 0. The van der Waals surface area contributed by atoms with Gasteiger partial charge in [-0.25, -0.2) is 4.79 Å². The molecule has 132 valence electrons. The van der Waals surface area contributed by atoms with Gasteiger partial charge in [0.25, 0.3) is 0 Å². The van der Waals surface area contributed by atoms with Crippen LogP contribution in [-0.2, 0) is 4.74 Å². The van der Waals surface area contributed by atoms with E-state index in [1.165, 1.54) is 4.90 Å². The number of fused-ring (bicyclic) bond motifs is 1. The summed E-state index contributed by atoms with van der Waals surface area (Å²) in [5.74, 6) is 0.344. The topological polar surface area (TPSA) is 67.6 Å². The van der Waals surface area contributed by atoms with Crippen LogP contribution in [0.3, 0.4) is 0 Å². The van der Waals surface area contributed by atoms with Gasteiger partial charge in [-0.15, -0.1) is 0 Å². The summed E-state index contributed by atoms with van der Waals surface area (Å²) in [6.45, 7) is 4.17. The molecule has 1 fully saturated rings. The number of hydrogen-bond donors (Lipinski definition) is 1. The van der Waals surface area contributed by atoms with Crippen LogP contribution in [0.25, 0.3) is 16.6 Å². The predicted octanol–water partition coefficient (Wildman–Crippen LogP) is 3.75. The third-order valence-electron chi connectivity index (χ3n) is 5.12. The number of carbonyl (C=O) groups is 1. The molecule has 25 heavy (non-hydrogen) atoms. The average Bonchev–Trinajstić information content (AvgIpc) is 3.05. The van der Waals surface area contributed by atoms with Crippen molar-refractivity contribution < 1.29 is 14.6 Å². The molecule has 2 aliphatic heterocycles. The molecular weight excluding hydrogens is 318 g/mol. The first-order valence-electron chi connectivity index (χ1n) is 8.89. The van der Waals surface area contributed by atoms with E-state index >= 15 is 0 Å². The monoisotopic (exact) mass is 341 g/mol. The van der Waals surface area contributed by atoms with Gasteiger partial charge in [-0.3, -0.25) is 9.58 Å². The Bertz CT molecular complexity index is 820. The molecule has 1 aromatic heterocycles. The maximum absolute atomic E-state index is 11.6. The molecule has 2 aromatic rings. The zero-order valence-electron chi connectivity index (χ0n) is 14.4. The Morgan fingerprint density at radius 3 is 2.88 bits per heavy atom. The number of carboxylic acid groups (broad SMARTS) is 1. The highest BCUT2D eigenvalue weighted by Gasteiger charge is 2.25. The largest absolute Gasteiger partial charge is 0.465 e. The second kappa shape index (κ2) is 6.52. The fourth-order valence-corrected chi connectivity index (χ4v) is 3.69.